The number of amides is 1. The average Bonchev–Trinajstić information content (AvgIpc) is 3.19. The van der Waals surface area contributed by atoms with E-state index in [1.807, 2.05) is 29.9 Å². The molecule has 1 fully saturated rings. The van der Waals surface area contributed by atoms with Crippen molar-refractivity contribution >= 4 is 17.2 Å². The summed E-state index contributed by atoms with van der Waals surface area (Å²) in [6, 6.07) is 1.88. The molecular weight excluding hydrogens is 298 g/mol. The van der Waals surface area contributed by atoms with Gasteiger partial charge in [-0.15, -0.1) is 11.3 Å². The van der Waals surface area contributed by atoms with Gasteiger partial charge in [0.15, 0.2) is 5.13 Å². The molecule has 5 nitrogen and oxygen atoms in total. The molecule has 0 bridgehead atoms. The molecule has 2 heterocycles. The first-order valence-electron chi connectivity index (χ1n) is 7.60. The largest absolute Gasteiger partial charge is 0.388 e. The predicted octanol–water partition coefficient (Wildman–Crippen LogP) is 2.59. The Morgan fingerprint density at radius 2 is 2.18 bits per heavy atom. The molecule has 2 aromatic rings. The van der Waals surface area contributed by atoms with Gasteiger partial charge in [0, 0.05) is 29.5 Å². The van der Waals surface area contributed by atoms with Gasteiger partial charge in [0.1, 0.15) is 0 Å². The number of aryl methyl sites for hydroxylation is 1. The van der Waals surface area contributed by atoms with Gasteiger partial charge < -0.3 is 10.4 Å². The van der Waals surface area contributed by atoms with Crippen molar-refractivity contribution < 1.29 is 9.90 Å². The van der Waals surface area contributed by atoms with E-state index in [1.54, 1.807) is 17.5 Å². The Hall–Kier alpha value is -1.66. The van der Waals surface area contributed by atoms with Gasteiger partial charge >= 0.3 is 0 Å². The molecule has 0 aliphatic heterocycles. The van der Waals surface area contributed by atoms with E-state index in [9.17, 15) is 9.90 Å². The molecule has 1 aliphatic carbocycles. The first-order valence-corrected chi connectivity index (χ1v) is 8.47. The molecule has 3 rings (SSSR count). The number of aromatic nitrogens is 2. The number of hydrogen-bond acceptors (Lipinski definition) is 4. The zero-order valence-corrected chi connectivity index (χ0v) is 13.7. The molecule has 0 unspecified atom stereocenters. The van der Waals surface area contributed by atoms with E-state index in [2.05, 4.69) is 10.3 Å². The van der Waals surface area contributed by atoms with Crippen molar-refractivity contribution in [3.63, 3.8) is 0 Å². The number of nitrogens with zero attached hydrogens (tertiary/aromatic N) is 2. The maximum absolute atomic E-state index is 12.4. The highest BCUT2D eigenvalue weighted by molar-refractivity contribution is 7.12. The molecule has 0 atom stereocenters. The van der Waals surface area contributed by atoms with Crippen molar-refractivity contribution in [1.29, 1.82) is 0 Å². The molecule has 0 spiro atoms. The minimum atomic E-state index is -0.726. The van der Waals surface area contributed by atoms with Crippen LogP contribution >= 0.6 is 11.3 Å². The number of hydrogen-bond donors (Lipinski definition) is 2. The lowest BCUT2D eigenvalue weighted by molar-refractivity contribution is 0.0449. The highest BCUT2D eigenvalue weighted by Gasteiger charge is 2.31. The molecule has 2 aromatic heterocycles. The van der Waals surface area contributed by atoms with Crippen molar-refractivity contribution in [3.05, 3.63) is 34.6 Å². The second-order valence-corrected chi connectivity index (χ2v) is 6.92. The third kappa shape index (κ3) is 2.80. The fraction of sp³-hybridized carbons (Fsp3) is 0.500. The number of carbonyl (C=O) groups excluding carboxylic acids is 1. The second kappa shape index (κ2) is 5.85. The lowest BCUT2D eigenvalue weighted by atomic mass is 10.0. The fourth-order valence-corrected chi connectivity index (χ4v) is 3.91. The highest BCUT2D eigenvalue weighted by Crippen LogP contribution is 2.29. The standard InChI is InChI=1S/C16H21N3O2S/c1-11-9-13(12(2)19(11)15-17-7-8-22-15)14(20)18-10-16(21)5-3-4-6-16/h7-9,21H,3-6,10H2,1-2H3,(H,18,20). The van der Waals surface area contributed by atoms with Crippen LogP contribution in [0.15, 0.2) is 17.6 Å². The molecule has 0 aromatic carbocycles. The smallest absolute Gasteiger partial charge is 0.253 e. The highest BCUT2D eigenvalue weighted by atomic mass is 32.1. The Morgan fingerprint density at radius 1 is 1.45 bits per heavy atom. The summed E-state index contributed by atoms with van der Waals surface area (Å²) in [5.74, 6) is -0.128. The van der Waals surface area contributed by atoms with Crippen LogP contribution in [-0.2, 0) is 0 Å². The van der Waals surface area contributed by atoms with Crippen LogP contribution in [0.2, 0.25) is 0 Å². The van der Waals surface area contributed by atoms with Crippen LogP contribution in [0.25, 0.3) is 5.13 Å². The third-order valence-corrected chi connectivity index (χ3v) is 5.16. The van der Waals surface area contributed by atoms with Gasteiger partial charge in [-0.2, -0.15) is 0 Å². The van der Waals surface area contributed by atoms with Crippen LogP contribution in [0.3, 0.4) is 0 Å². The second-order valence-electron chi connectivity index (χ2n) is 6.05. The Bertz CT molecular complexity index is 670. The molecule has 118 valence electrons. The van der Waals surface area contributed by atoms with E-state index in [0.717, 1.165) is 42.2 Å². The van der Waals surface area contributed by atoms with Gasteiger partial charge in [-0.1, -0.05) is 12.8 Å². The number of nitrogens with one attached hydrogen (secondary N) is 1. The van der Waals surface area contributed by atoms with E-state index >= 15 is 0 Å². The maximum Gasteiger partial charge on any atom is 0.253 e. The van der Waals surface area contributed by atoms with E-state index in [-0.39, 0.29) is 5.91 Å². The minimum absolute atomic E-state index is 0.128. The summed E-state index contributed by atoms with van der Waals surface area (Å²) in [4.78, 5) is 16.8. The predicted molar refractivity (Wildman–Crippen MR) is 86.7 cm³/mol. The number of rotatable bonds is 4. The third-order valence-electron chi connectivity index (χ3n) is 4.40. The van der Waals surface area contributed by atoms with Crippen LogP contribution in [0.1, 0.15) is 47.4 Å². The summed E-state index contributed by atoms with van der Waals surface area (Å²) in [7, 11) is 0. The molecule has 2 N–H and O–H groups in total. The molecule has 1 saturated carbocycles. The Labute approximate surface area is 134 Å². The molecule has 0 radical (unpaired) electrons. The van der Waals surface area contributed by atoms with E-state index in [4.69, 9.17) is 0 Å². The van der Waals surface area contributed by atoms with Gasteiger partial charge in [-0.3, -0.25) is 9.36 Å². The summed E-state index contributed by atoms with van der Waals surface area (Å²) in [5, 5.41) is 16.0. The summed E-state index contributed by atoms with van der Waals surface area (Å²) in [5.41, 5.74) is 1.78. The first kappa shape index (κ1) is 15.2. The molecule has 0 saturated heterocycles. The van der Waals surface area contributed by atoms with Crippen molar-refractivity contribution in [2.75, 3.05) is 6.54 Å². The zero-order chi connectivity index (χ0) is 15.7. The summed E-state index contributed by atoms with van der Waals surface area (Å²) in [6.45, 7) is 4.22. The zero-order valence-electron chi connectivity index (χ0n) is 12.9. The van der Waals surface area contributed by atoms with E-state index in [1.165, 1.54) is 0 Å². The summed E-state index contributed by atoms with van der Waals surface area (Å²) < 4.78 is 1.99. The van der Waals surface area contributed by atoms with Gasteiger partial charge in [-0.25, -0.2) is 4.98 Å². The summed E-state index contributed by atoms with van der Waals surface area (Å²) >= 11 is 1.54. The Morgan fingerprint density at radius 3 is 2.82 bits per heavy atom. The van der Waals surface area contributed by atoms with Crippen LogP contribution in [-0.4, -0.2) is 32.7 Å². The van der Waals surface area contributed by atoms with E-state index < -0.39 is 5.60 Å². The first-order chi connectivity index (χ1) is 10.5. The number of thiazole rings is 1. The van der Waals surface area contributed by atoms with Crippen LogP contribution < -0.4 is 5.32 Å². The lowest BCUT2D eigenvalue weighted by Crippen LogP contribution is -2.40. The molecular formula is C16H21N3O2S. The number of carbonyl (C=O) groups is 1. The maximum atomic E-state index is 12.4. The van der Waals surface area contributed by atoms with Crippen LogP contribution in [0.4, 0.5) is 0 Å². The molecule has 6 heteroatoms. The van der Waals surface area contributed by atoms with Gasteiger partial charge in [0.2, 0.25) is 0 Å². The van der Waals surface area contributed by atoms with Crippen LogP contribution in [0.5, 0.6) is 0 Å². The molecule has 1 aliphatic rings. The Kier molecular flexibility index (Phi) is 4.06. The number of aliphatic hydroxyl groups is 1. The SMILES string of the molecule is Cc1cc(C(=O)NCC2(O)CCCC2)c(C)n1-c1nccs1. The van der Waals surface area contributed by atoms with Crippen molar-refractivity contribution in [1.82, 2.24) is 14.9 Å². The average molecular weight is 319 g/mol. The lowest BCUT2D eigenvalue weighted by Gasteiger charge is -2.22. The van der Waals surface area contributed by atoms with Crippen molar-refractivity contribution in [2.45, 2.75) is 45.1 Å². The van der Waals surface area contributed by atoms with Gasteiger partial charge in [0.05, 0.1) is 11.2 Å². The van der Waals surface area contributed by atoms with E-state index in [0.29, 0.717) is 12.1 Å². The minimum Gasteiger partial charge on any atom is -0.388 e. The van der Waals surface area contributed by atoms with Gasteiger partial charge in [-0.05, 0) is 32.8 Å². The van der Waals surface area contributed by atoms with Crippen molar-refractivity contribution in [3.8, 4) is 5.13 Å². The topological polar surface area (TPSA) is 67.2 Å². The quantitative estimate of drug-likeness (QED) is 0.910. The monoisotopic (exact) mass is 319 g/mol. The molecule has 1 amide bonds. The van der Waals surface area contributed by atoms with Crippen molar-refractivity contribution in [2.24, 2.45) is 0 Å². The van der Waals surface area contributed by atoms with Gasteiger partial charge in [0.25, 0.3) is 5.91 Å². The molecule has 22 heavy (non-hydrogen) atoms. The summed E-state index contributed by atoms with van der Waals surface area (Å²) in [6.07, 6.45) is 5.36. The Balaban J connectivity index is 1.77. The van der Waals surface area contributed by atoms with Crippen LogP contribution in [0, 0.1) is 13.8 Å². The fourth-order valence-electron chi connectivity index (χ4n) is 3.16. The normalized spacial score (nSPS) is 16.9.